The van der Waals surface area contributed by atoms with Crippen molar-refractivity contribution in [1.82, 2.24) is 0 Å². The van der Waals surface area contributed by atoms with Crippen molar-refractivity contribution in [3.8, 4) is 0 Å². The molecule has 8 heteroatoms. The minimum atomic E-state index is -4.14. The van der Waals surface area contributed by atoms with Crippen LogP contribution in [0.4, 0.5) is 4.39 Å². The molecule has 0 spiro atoms. The van der Waals surface area contributed by atoms with Crippen molar-refractivity contribution in [2.24, 2.45) is 0 Å². The molecule has 0 aliphatic heterocycles. The van der Waals surface area contributed by atoms with Gasteiger partial charge in [-0.05, 0) is 24.6 Å². The lowest BCUT2D eigenvalue weighted by atomic mass is 10.1. The third-order valence-electron chi connectivity index (χ3n) is 2.53. The second kappa shape index (κ2) is 7.01. The van der Waals surface area contributed by atoms with Crippen molar-refractivity contribution in [2.75, 3.05) is 20.3 Å². The van der Waals surface area contributed by atoms with E-state index in [0.717, 1.165) is 12.1 Å². The number of ether oxygens (including phenoxy) is 2. The fraction of sp³-hybridized carbons (Fsp3) is 0.417. The average molecular weight is 325 g/mol. The number of hydrogen-bond donors (Lipinski definition) is 0. The Labute approximate surface area is 121 Å². The SMILES string of the molecule is COCCCOC(=O)c1cc(F)cc(S(=O)(=O)Cl)c1C. The normalized spacial score (nSPS) is 11.4. The van der Waals surface area contributed by atoms with Crippen LogP contribution in [0.5, 0.6) is 0 Å². The van der Waals surface area contributed by atoms with Gasteiger partial charge in [-0.15, -0.1) is 0 Å². The van der Waals surface area contributed by atoms with Crippen LogP contribution in [0.25, 0.3) is 0 Å². The van der Waals surface area contributed by atoms with Gasteiger partial charge in [-0.3, -0.25) is 0 Å². The Morgan fingerprint density at radius 3 is 2.55 bits per heavy atom. The number of benzene rings is 1. The van der Waals surface area contributed by atoms with Crippen LogP contribution in [-0.4, -0.2) is 34.7 Å². The molecule has 0 aliphatic rings. The van der Waals surface area contributed by atoms with E-state index in [-0.39, 0.29) is 17.7 Å². The number of carbonyl (C=O) groups is 1. The summed E-state index contributed by atoms with van der Waals surface area (Å²) < 4.78 is 45.7. The summed E-state index contributed by atoms with van der Waals surface area (Å²) in [5.74, 6) is -1.68. The first-order chi connectivity index (χ1) is 9.27. The Kier molecular flexibility index (Phi) is 5.91. The summed E-state index contributed by atoms with van der Waals surface area (Å²) >= 11 is 0. The van der Waals surface area contributed by atoms with Crippen molar-refractivity contribution in [2.45, 2.75) is 18.2 Å². The first-order valence-corrected chi connectivity index (χ1v) is 7.99. The van der Waals surface area contributed by atoms with E-state index in [1.54, 1.807) is 0 Å². The van der Waals surface area contributed by atoms with Crippen molar-refractivity contribution in [3.05, 3.63) is 29.1 Å². The molecule has 0 radical (unpaired) electrons. The Morgan fingerprint density at radius 1 is 1.35 bits per heavy atom. The maximum Gasteiger partial charge on any atom is 0.338 e. The molecule has 0 saturated carbocycles. The van der Waals surface area contributed by atoms with Crippen molar-refractivity contribution in [1.29, 1.82) is 0 Å². The molecule has 0 atom stereocenters. The van der Waals surface area contributed by atoms with Gasteiger partial charge in [-0.1, -0.05) is 0 Å². The second-order valence-corrected chi connectivity index (χ2v) is 6.53. The van der Waals surface area contributed by atoms with E-state index < -0.39 is 25.7 Å². The molecule has 1 aromatic carbocycles. The zero-order valence-corrected chi connectivity index (χ0v) is 12.6. The number of esters is 1. The molecular weight excluding hydrogens is 311 g/mol. The van der Waals surface area contributed by atoms with E-state index >= 15 is 0 Å². The van der Waals surface area contributed by atoms with Gasteiger partial charge in [0.25, 0.3) is 9.05 Å². The van der Waals surface area contributed by atoms with E-state index in [1.807, 2.05) is 0 Å². The quantitative estimate of drug-likeness (QED) is 0.456. The van der Waals surface area contributed by atoms with Crippen LogP contribution in [0.3, 0.4) is 0 Å². The molecular formula is C12H14ClFO5S. The zero-order chi connectivity index (χ0) is 15.3. The largest absolute Gasteiger partial charge is 0.462 e. The fourth-order valence-corrected chi connectivity index (χ4v) is 2.78. The first kappa shape index (κ1) is 16.9. The van der Waals surface area contributed by atoms with Gasteiger partial charge in [0.2, 0.25) is 0 Å². The molecule has 5 nitrogen and oxygen atoms in total. The van der Waals surface area contributed by atoms with Crippen LogP contribution in [0.1, 0.15) is 22.3 Å². The topological polar surface area (TPSA) is 69.7 Å². The molecule has 0 saturated heterocycles. The molecule has 0 N–H and O–H groups in total. The highest BCUT2D eigenvalue weighted by Crippen LogP contribution is 2.24. The van der Waals surface area contributed by atoms with Gasteiger partial charge in [-0.2, -0.15) is 0 Å². The molecule has 112 valence electrons. The molecule has 0 amide bonds. The molecule has 0 heterocycles. The standard InChI is InChI=1S/C12H14ClFO5S/c1-8-10(12(15)19-5-3-4-18-2)6-9(14)7-11(8)20(13,16)17/h6-7H,3-5H2,1-2H3. The van der Waals surface area contributed by atoms with E-state index in [2.05, 4.69) is 0 Å². The molecule has 20 heavy (non-hydrogen) atoms. The van der Waals surface area contributed by atoms with Crippen LogP contribution in [-0.2, 0) is 18.5 Å². The summed E-state index contributed by atoms with van der Waals surface area (Å²) in [6.07, 6.45) is 0.483. The first-order valence-electron chi connectivity index (χ1n) is 5.68. The molecule has 0 aromatic heterocycles. The van der Waals surface area contributed by atoms with E-state index in [4.69, 9.17) is 20.2 Å². The minimum Gasteiger partial charge on any atom is -0.462 e. The predicted molar refractivity (Wildman–Crippen MR) is 71.0 cm³/mol. The van der Waals surface area contributed by atoms with Crippen LogP contribution in [0, 0.1) is 12.7 Å². The average Bonchev–Trinajstić information content (AvgIpc) is 2.35. The number of carbonyl (C=O) groups excluding carboxylic acids is 1. The highest BCUT2D eigenvalue weighted by Gasteiger charge is 2.21. The van der Waals surface area contributed by atoms with E-state index in [1.165, 1.54) is 14.0 Å². The number of rotatable bonds is 6. The Morgan fingerprint density at radius 2 is 2.00 bits per heavy atom. The summed E-state index contributed by atoms with van der Waals surface area (Å²) in [4.78, 5) is 11.4. The van der Waals surface area contributed by atoms with Gasteiger partial charge in [0.15, 0.2) is 0 Å². The lowest BCUT2D eigenvalue weighted by Crippen LogP contribution is -2.12. The highest BCUT2D eigenvalue weighted by atomic mass is 35.7. The summed E-state index contributed by atoms with van der Waals surface area (Å²) in [5.41, 5.74) is -0.111. The molecule has 1 aromatic rings. The van der Waals surface area contributed by atoms with E-state index in [0.29, 0.717) is 13.0 Å². The molecule has 0 aliphatic carbocycles. The molecule has 0 fully saturated rings. The van der Waals surface area contributed by atoms with Crippen LogP contribution < -0.4 is 0 Å². The second-order valence-electron chi connectivity index (χ2n) is 4.00. The minimum absolute atomic E-state index is 0.0538. The van der Waals surface area contributed by atoms with Gasteiger partial charge in [0, 0.05) is 30.8 Å². The third-order valence-corrected chi connectivity index (χ3v) is 3.98. The van der Waals surface area contributed by atoms with Gasteiger partial charge < -0.3 is 9.47 Å². The van der Waals surface area contributed by atoms with Crippen LogP contribution >= 0.6 is 10.7 Å². The number of halogens is 2. The lowest BCUT2D eigenvalue weighted by Gasteiger charge is -2.10. The smallest absolute Gasteiger partial charge is 0.338 e. The van der Waals surface area contributed by atoms with Gasteiger partial charge >= 0.3 is 5.97 Å². The molecule has 0 unspecified atom stereocenters. The van der Waals surface area contributed by atoms with Gasteiger partial charge in [-0.25, -0.2) is 17.6 Å². The molecule has 1 rings (SSSR count). The van der Waals surface area contributed by atoms with Gasteiger partial charge in [0.05, 0.1) is 17.1 Å². The van der Waals surface area contributed by atoms with Crippen molar-refractivity contribution >= 4 is 25.7 Å². The Bertz CT molecular complexity index is 600. The Balaban J connectivity index is 3.01. The zero-order valence-electron chi connectivity index (χ0n) is 11.0. The predicted octanol–water partition coefficient (Wildman–Crippen LogP) is 2.25. The highest BCUT2D eigenvalue weighted by molar-refractivity contribution is 8.13. The van der Waals surface area contributed by atoms with Gasteiger partial charge in [0.1, 0.15) is 5.82 Å². The lowest BCUT2D eigenvalue weighted by molar-refractivity contribution is 0.0466. The van der Waals surface area contributed by atoms with E-state index in [9.17, 15) is 17.6 Å². The molecule has 0 bridgehead atoms. The number of methoxy groups -OCH3 is 1. The van der Waals surface area contributed by atoms with Crippen LogP contribution in [0.2, 0.25) is 0 Å². The number of hydrogen-bond acceptors (Lipinski definition) is 5. The third kappa shape index (κ3) is 4.43. The van der Waals surface area contributed by atoms with Crippen LogP contribution in [0.15, 0.2) is 17.0 Å². The maximum absolute atomic E-state index is 13.4. The van der Waals surface area contributed by atoms with Crippen molar-refractivity contribution < 1.29 is 27.1 Å². The fourth-order valence-electron chi connectivity index (χ4n) is 1.57. The summed E-state index contributed by atoms with van der Waals surface area (Å²) in [5, 5.41) is 0. The Hall–Kier alpha value is -1.18. The summed E-state index contributed by atoms with van der Waals surface area (Å²) in [6, 6.07) is 1.68. The maximum atomic E-state index is 13.4. The van der Waals surface area contributed by atoms with Crippen molar-refractivity contribution in [3.63, 3.8) is 0 Å². The summed E-state index contributed by atoms with van der Waals surface area (Å²) in [7, 11) is 2.57. The monoisotopic (exact) mass is 324 g/mol. The summed E-state index contributed by atoms with van der Waals surface area (Å²) in [6.45, 7) is 1.86.